The van der Waals surface area contributed by atoms with E-state index in [1.807, 2.05) is 52.8 Å². The van der Waals surface area contributed by atoms with Crippen LogP contribution < -0.4 is 4.90 Å². The van der Waals surface area contributed by atoms with Crippen molar-refractivity contribution in [3.05, 3.63) is 40.4 Å². The number of anilines is 2. The number of aryl methyl sites for hydroxylation is 2. The Bertz CT molecular complexity index is 1060. The molecule has 0 radical (unpaired) electrons. The maximum absolute atomic E-state index is 12.7. The van der Waals surface area contributed by atoms with Gasteiger partial charge in [0, 0.05) is 25.4 Å². The first-order chi connectivity index (χ1) is 15.9. The summed E-state index contributed by atoms with van der Waals surface area (Å²) in [6.45, 7) is 11.8. The molecule has 1 saturated heterocycles. The maximum atomic E-state index is 12.7. The number of esters is 1. The first-order valence-electron chi connectivity index (χ1n) is 11.4. The van der Waals surface area contributed by atoms with Gasteiger partial charge in [0.1, 0.15) is 12.2 Å². The molecule has 1 unspecified atom stereocenters. The topological polar surface area (TPSA) is 89.0 Å². The molecule has 2 heterocycles. The van der Waals surface area contributed by atoms with Gasteiger partial charge < -0.3 is 14.4 Å². The number of amides is 2. The summed E-state index contributed by atoms with van der Waals surface area (Å²) in [5.41, 5.74) is 2.86. The number of carbonyl (C=O) groups is 3. The van der Waals surface area contributed by atoms with Crippen molar-refractivity contribution in [1.29, 1.82) is 0 Å². The minimum atomic E-state index is -0.586. The third kappa shape index (κ3) is 6.56. The number of thiazole rings is 1. The lowest BCUT2D eigenvalue weighted by Gasteiger charge is -2.33. The molecule has 0 spiro atoms. The van der Waals surface area contributed by atoms with Gasteiger partial charge in [-0.2, -0.15) is 0 Å². The second-order valence-electron chi connectivity index (χ2n) is 9.64. The Morgan fingerprint density at radius 3 is 2.62 bits per heavy atom. The van der Waals surface area contributed by atoms with Crippen molar-refractivity contribution < 1.29 is 23.9 Å². The Labute approximate surface area is 204 Å². The number of nitrogens with zero attached hydrogens (tertiary/aromatic N) is 3. The molecule has 9 heteroatoms. The van der Waals surface area contributed by atoms with Gasteiger partial charge in [-0.1, -0.05) is 17.7 Å². The molecular weight excluding hydrogens is 454 g/mol. The Kier molecular flexibility index (Phi) is 7.97. The molecule has 1 aromatic carbocycles. The Hall–Kier alpha value is -2.94. The predicted molar refractivity (Wildman–Crippen MR) is 131 cm³/mol. The van der Waals surface area contributed by atoms with E-state index in [1.54, 1.807) is 15.2 Å². The van der Waals surface area contributed by atoms with Crippen molar-refractivity contribution in [1.82, 2.24) is 9.88 Å². The molecule has 1 atom stereocenters. The number of rotatable bonds is 5. The van der Waals surface area contributed by atoms with Crippen LogP contribution in [0.3, 0.4) is 0 Å². The molecule has 0 N–H and O–H groups in total. The summed E-state index contributed by atoms with van der Waals surface area (Å²) in [6, 6.07) is 5.89. The van der Waals surface area contributed by atoms with Crippen LogP contribution >= 0.6 is 11.3 Å². The largest absolute Gasteiger partial charge is 0.459 e. The number of benzene rings is 1. The van der Waals surface area contributed by atoms with Crippen LogP contribution in [-0.4, -0.2) is 46.5 Å². The fourth-order valence-corrected chi connectivity index (χ4v) is 4.72. The molecule has 184 valence electrons. The SMILES string of the molecule is CC(=O)N(c1nc(COC(=O)C2CCCN(C(=O)OC(C)(C)C)C2)cs1)c1ccc(C)cc1C. The van der Waals surface area contributed by atoms with Crippen molar-refractivity contribution >= 4 is 40.1 Å². The molecule has 2 amide bonds. The van der Waals surface area contributed by atoms with Gasteiger partial charge in [0.2, 0.25) is 5.91 Å². The Balaban J connectivity index is 1.62. The van der Waals surface area contributed by atoms with Crippen molar-refractivity contribution in [2.75, 3.05) is 18.0 Å². The fourth-order valence-electron chi connectivity index (χ4n) is 3.85. The van der Waals surface area contributed by atoms with Crippen molar-refractivity contribution in [2.24, 2.45) is 5.92 Å². The summed E-state index contributed by atoms with van der Waals surface area (Å²) in [6.07, 6.45) is 0.957. The standard InChI is InChI=1S/C25H33N3O5S/c1-16-9-10-21(17(2)12-16)28(18(3)29)23-26-20(15-34-23)14-32-22(30)19-8-7-11-27(13-19)24(31)33-25(4,5)6/h9-10,12,15,19H,7-8,11,13-14H2,1-6H3. The van der Waals surface area contributed by atoms with Crippen molar-refractivity contribution in [2.45, 2.75) is 66.6 Å². The number of aromatic nitrogens is 1. The Morgan fingerprint density at radius 2 is 1.97 bits per heavy atom. The van der Waals surface area contributed by atoms with Gasteiger partial charge >= 0.3 is 12.1 Å². The molecule has 0 bridgehead atoms. The smallest absolute Gasteiger partial charge is 0.410 e. The fraction of sp³-hybridized carbons (Fsp3) is 0.520. The van der Waals surface area contributed by atoms with E-state index < -0.39 is 17.6 Å². The number of hydrogen-bond donors (Lipinski definition) is 0. The minimum absolute atomic E-state index is 0.0108. The van der Waals surface area contributed by atoms with Crippen LogP contribution in [-0.2, 0) is 25.7 Å². The summed E-state index contributed by atoms with van der Waals surface area (Å²) in [5.74, 6) is -0.904. The van der Waals surface area contributed by atoms with Crippen LogP contribution in [0.1, 0.15) is 57.4 Å². The van der Waals surface area contributed by atoms with Gasteiger partial charge in [0.25, 0.3) is 0 Å². The molecular formula is C25H33N3O5S. The van der Waals surface area contributed by atoms with Crippen LogP contribution in [0.5, 0.6) is 0 Å². The monoisotopic (exact) mass is 487 g/mol. The van der Waals surface area contributed by atoms with Gasteiger partial charge in [-0.25, -0.2) is 9.78 Å². The van der Waals surface area contributed by atoms with E-state index in [0.29, 0.717) is 30.2 Å². The molecule has 1 aliphatic rings. The van der Waals surface area contributed by atoms with E-state index in [2.05, 4.69) is 4.98 Å². The zero-order chi connectivity index (χ0) is 25.0. The lowest BCUT2D eigenvalue weighted by molar-refractivity contribution is -0.151. The highest BCUT2D eigenvalue weighted by molar-refractivity contribution is 7.14. The summed E-state index contributed by atoms with van der Waals surface area (Å²) in [4.78, 5) is 45.1. The highest BCUT2D eigenvalue weighted by Crippen LogP contribution is 2.32. The van der Waals surface area contributed by atoms with Crippen LogP contribution in [0.2, 0.25) is 0 Å². The first kappa shape index (κ1) is 25.7. The molecule has 1 aromatic heterocycles. The third-order valence-electron chi connectivity index (χ3n) is 5.41. The number of likely N-dealkylation sites (tertiary alicyclic amines) is 1. The lowest BCUT2D eigenvalue weighted by Crippen LogP contribution is -2.45. The average Bonchev–Trinajstić information content (AvgIpc) is 3.21. The summed E-state index contributed by atoms with van der Waals surface area (Å²) in [5, 5.41) is 2.31. The normalized spacial score (nSPS) is 16.2. The van der Waals surface area contributed by atoms with E-state index in [1.165, 1.54) is 18.3 Å². The van der Waals surface area contributed by atoms with Crippen LogP contribution in [0.25, 0.3) is 0 Å². The van der Waals surface area contributed by atoms with E-state index in [0.717, 1.165) is 16.8 Å². The zero-order valence-corrected chi connectivity index (χ0v) is 21.5. The Morgan fingerprint density at radius 1 is 1.24 bits per heavy atom. The highest BCUT2D eigenvalue weighted by atomic mass is 32.1. The maximum Gasteiger partial charge on any atom is 0.410 e. The molecule has 1 fully saturated rings. The van der Waals surface area contributed by atoms with E-state index in [4.69, 9.17) is 9.47 Å². The number of carbonyl (C=O) groups excluding carboxylic acids is 3. The van der Waals surface area contributed by atoms with Gasteiger partial charge in [0.05, 0.1) is 17.3 Å². The summed E-state index contributed by atoms with van der Waals surface area (Å²) in [7, 11) is 0. The van der Waals surface area contributed by atoms with Gasteiger partial charge in [-0.15, -0.1) is 11.3 Å². The molecule has 2 aromatic rings. The summed E-state index contributed by atoms with van der Waals surface area (Å²) < 4.78 is 10.9. The molecule has 3 rings (SSSR count). The van der Waals surface area contributed by atoms with Gasteiger partial charge in [-0.3, -0.25) is 14.5 Å². The van der Waals surface area contributed by atoms with E-state index in [-0.39, 0.29) is 25.0 Å². The number of ether oxygens (including phenoxy) is 2. The van der Waals surface area contributed by atoms with Crippen LogP contribution in [0, 0.1) is 19.8 Å². The van der Waals surface area contributed by atoms with Gasteiger partial charge in [-0.05, 0) is 59.1 Å². The predicted octanol–water partition coefficient (Wildman–Crippen LogP) is 5.13. The molecule has 0 aliphatic carbocycles. The highest BCUT2D eigenvalue weighted by Gasteiger charge is 2.32. The lowest BCUT2D eigenvalue weighted by atomic mass is 9.98. The van der Waals surface area contributed by atoms with Crippen molar-refractivity contribution in [3.63, 3.8) is 0 Å². The molecule has 0 saturated carbocycles. The van der Waals surface area contributed by atoms with Crippen LogP contribution in [0.4, 0.5) is 15.6 Å². The number of hydrogen-bond acceptors (Lipinski definition) is 7. The molecule has 8 nitrogen and oxygen atoms in total. The second kappa shape index (κ2) is 10.5. The second-order valence-corrected chi connectivity index (χ2v) is 10.5. The first-order valence-corrected chi connectivity index (χ1v) is 12.3. The molecule has 1 aliphatic heterocycles. The third-order valence-corrected chi connectivity index (χ3v) is 6.28. The zero-order valence-electron chi connectivity index (χ0n) is 20.7. The molecule has 34 heavy (non-hydrogen) atoms. The van der Waals surface area contributed by atoms with Crippen LogP contribution in [0.15, 0.2) is 23.6 Å². The minimum Gasteiger partial charge on any atom is -0.459 e. The van der Waals surface area contributed by atoms with E-state index >= 15 is 0 Å². The van der Waals surface area contributed by atoms with Gasteiger partial charge in [0.15, 0.2) is 5.13 Å². The van der Waals surface area contributed by atoms with E-state index in [9.17, 15) is 14.4 Å². The quantitative estimate of drug-likeness (QED) is 0.543. The number of piperidine rings is 1. The average molecular weight is 488 g/mol. The summed E-state index contributed by atoms with van der Waals surface area (Å²) >= 11 is 1.32. The van der Waals surface area contributed by atoms with Crippen molar-refractivity contribution in [3.8, 4) is 0 Å².